The highest BCUT2D eigenvalue weighted by Crippen LogP contribution is 2.27. The van der Waals surface area contributed by atoms with Crippen molar-refractivity contribution in [2.45, 2.75) is 6.54 Å². The zero-order valence-corrected chi connectivity index (χ0v) is 19.1. The quantitative estimate of drug-likeness (QED) is 0.272. The number of aromatic nitrogens is 2. The Labute approximate surface area is 203 Å². The van der Waals surface area contributed by atoms with Gasteiger partial charge in [0.25, 0.3) is 5.91 Å². The second-order valence-electron chi connectivity index (χ2n) is 7.10. The molecule has 0 aliphatic rings. The zero-order valence-electron chi connectivity index (χ0n) is 17.5. The molecule has 4 aromatic rings. The Bertz CT molecular complexity index is 1460. The lowest BCUT2D eigenvalue weighted by atomic mass is 10.1. The molecule has 0 spiro atoms. The molecule has 1 N–H and O–H groups in total. The summed E-state index contributed by atoms with van der Waals surface area (Å²) in [4.78, 5) is 12.8. The van der Waals surface area contributed by atoms with Crippen molar-refractivity contribution in [1.82, 2.24) is 9.78 Å². The minimum absolute atomic E-state index is 0.0635. The largest absolute Gasteiger partial charge is 0.312 e. The van der Waals surface area contributed by atoms with E-state index >= 15 is 0 Å². The third-order valence-electron chi connectivity index (χ3n) is 4.90. The molecule has 0 aliphatic carbocycles. The van der Waals surface area contributed by atoms with Crippen LogP contribution in [0.3, 0.4) is 0 Å². The van der Waals surface area contributed by atoms with E-state index in [-0.39, 0.29) is 22.7 Å². The molecule has 0 fully saturated rings. The number of hydrogen-bond acceptors (Lipinski definition) is 5. The molecule has 0 unspecified atom stereocenters. The van der Waals surface area contributed by atoms with E-state index in [1.807, 2.05) is 42.5 Å². The number of nitrogens with one attached hydrogen (secondary N) is 1. The Hall–Kier alpha value is -4.24. The second-order valence-corrected chi connectivity index (χ2v) is 8.42. The topological polar surface area (TPSA) is 94.5 Å². The van der Waals surface area contributed by atoms with Crippen LogP contribution in [-0.2, 0) is 11.3 Å². The first-order chi connectivity index (χ1) is 16.5. The van der Waals surface area contributed by atoms with Gasteiger partial charge < -0.3 is 5.32 Å². The van der Waals surface area contributed by atoms with Gasteiger partial charge in [0.1, 0.15) is 28.5 Å². The summed E-state index contributed by atoms with van der Waals surface area (Å²) in [6, 6.07) is 19.2. The summed E-state index contributed by atoms with van der Waals surface area (Å²) in [6.07, 6.45) is 3.05. The van der Waals surface area contributed by atoms with Gasteiger partial charge in [-0.15, -0.1) is 11.3 Å². The van der Waals surface area contributed by atoms with E-state index in [1.165, 1.54) is 34.2 Å². The van der Waals surface area contributed by atoms with Crippen LogP contribution in [0.5, 0.6) is 0 Å². The van der Waals surface area contributed by atoms with E-state index in [4.69, 9.17) is 16.9 Å². The van der Waals surface area contributed by atoms with Gasteiger partial charge in [0.2, 0.25) is 0 Å². The Morgan fingerprint density at radius 3 is 2.68 bits per heavy atom. The molecule has 9 heteroatoms. The van der Waals surface area contributed by atoms with E-state index in [0.717, 1.165) is 5.56 Å². The molecule has 0 saturated heterocycles. The molecule has 6 nitrogen and oxygen atoms in total. The molecular formula is C25H15ClFN5OS. The van der Waals surface area contributed by atoms with Crippen molar-refractivity contribution in [2.24, 2.45) is 0 Å². The van der Waals surface area contributed by atoms with E-state index in [0.29, 0.717) is 21.8 Å². The number of anilines is 1. The molecular weight excluding hydrogens is 473 g/mol. The number of rotatable bonds is 6. The van der Waals surface area contributed by atoms with Crippen LogP contribution in [0.2, 0.25) is 5.02 Å². The molecule has 0 bridgehead atoms. The molecule has 4 rings (SSSR count). The summed E-state index contributed by atoms with van der Waals surface area (Å²) in [5, 5.41) is 28.3. The lowest BCUT2D eigenvalue weighted by molar-refractivity contribution is -0.112. The maximum Gasteiger partial charge on any atom is 0.266 e. The van der Waals surface area contributed by atoms with Crippen LogP contribution in [0.15, 0.2) is 71.7 Å². The Balaban J connectivity index is 1.73. The number of thiophene rings is 1. The van der Waals surface area contributed by atoms with Crippen LogP contribution in [0.25, 0.3) is 17.3 Å². The third kappa shape index (κ3) is 4.89. The Kier molecular flexibility index (Phi) is 6.84. The summed E-state index contributed by atoms with van der Waals surface area (Å²) in [5.74, 6) is -1.10. The first kappa shape index (κ1) is 22.9. The molecule has 2 aromatic heterocycles. The van der Waals surface area contributed by atoms with Gasteiger partial charge in [-0.25, -0.2) is 4.39 Å². The smallest absolute Gasteiger partial charge is 0.266 e. The highest BCUT2D eigenvalue weighted by molar-refractivity contribution is 7.14. The minimum atomic E-state index is -0.648. The highest BCUT2D eigenvalue weighted by Gasteiger charge is 2.17. The lowest BCUT2D eigenvalue weighted by Crippen LogP contribution is -2.13. The van der Waals surface area contributed by atoms with Crippen molar-refractivity contribution in [3.8, 4) is 23.4 Å². The minimum Gasteiger partial charge on any atom is -0.312 e. The molecule has 2 heterocycles. The number of nitrogens with zero attached hydrogens (tertiary/aromatic N) is 4. The number of amides is 1. The molecule has 0 aliphatic heterocycles. The average Bonchev–Trinajstić information content (AvgIpc) is 3.46. The first-order valence-electron chi connectivity index (χ1n) is 9.96. The van der Waals surface area contributed by atoms with Gasteiger partial charge in [-0.2, -0.15) is 15.6 Å². The van der Waals surface area contributed by atoms with Gasteiger partial charge >= 0.3 is 0 Å². The number of carbonyl (C=O) groups is 1. The third-order valence-corrected chi connectivity index (χ3v) is 6.08. The molecule has 34 heavy (non-hydrogen) atoms. The van der Waals surface area contributed by atoms with E-state index in [1.54, 1.807) is 23.7 Å². The standard InChI is InChI=1S/C25H15ClFN5OS/c26-21-7-4-8-22(27)20(21)15-32-14-19(23(31-32)16-5-2-1-3-6-16)11-18(13-29)24(33)30-25-17(12-28)9-10-34-25/h1-11,14H,15H2,(H,30,33)/b18-11+. The maximum absolute atomic E-state index is 14.3. The summed E-state index contributed by atoms with van der Waals surface area (Å²) in [6.45, 7) is 0.0635. The van der Waals surface area contributed by atoms with Crippen LogP contribution in [-0.4, -0.2) is 15.7 Å². The van der Waals surface area contributed by atoms with Gasteiger partial charge in [-0.3, -0.25) is 9.48 Å². The van der Waals surface area contributed by atoms with Crippen LogP contribution in [0.4, 0.5) is 9.39 Å². The fourth-order valence-corrected chi connectivity index (χ4v) is 4.21. The number of nitriles is 2. The van der Waals surface area contributed by atoms with Gasteiger partial charge in [-0.1, -0.05) is 48.0 Å². The molecule has 0 atom stereocenters. The van der Waals surface area contributed by atoms with Gasteiger partial charge in [-0.05, 0) is 29.7 Å². The first-order valence-corrected chi connectivity index (χ1v) is 11.2. The Morgan fingerprint density at radius 1 is 1.18 bits per heavy atom. The summed E-state index contributed by atoms with van der Waals surface area (Å²) < 4.78 is 15.8. The van der Waals surface area contributed by atoms with Crippen molar-refractivity contribution in [3.63, 3.8) is 0 Å². The molecule has 166 valence electrons. The summed E-state index contributed by atoms with van der Waals surface area (Å²) in [7, 11) is 0. The van der Waals surface area contributed by atoms with Crippen molar-refractivity contribution in [2.75, 3.05) is 5.32 Å². The monoisotopic (exact) mass is 487 g/mol. The number of benzene rings is 2. The fraction of sp³-hybridized carbons (Fsp3) is 0.0400. The van der Waals surface area contributed by atoms with E-state index in [2.05, 4.69) is 10.4 Å². The van der Waals surface area contributed by atoms with Gasteiger partial charge in [0.15, 0.2) is 0 Å². The predicted octanol–water partition coefficient (Wildman–Crippen LogP) is 5.87. The van der Waals surface area contributed by atoms with Crippen molar-refractivity contribution in [1.29, 1.82) is 10.5 Å². The SMILES string of the molecule is N#C/C(=C\c1cn(Cc2c(F)cccc2Cl)nc1-c1ccccc1)C(=O)Nc1sccc1C#N. The predicted molar refractivity (Wildman–Crippen MR) is 129 cm³/mol. The van der Waals surface area contributed by atoms with Crippen LogP contribution >= 0.6 is 22.9 Å². The number of hydrogen-bond donors (Lipinski definition) is 1. The molecule has 0 radical (unpaired) electrons. The zero-order chi connectivity index (χ0) is 24.1. The van der Waals surface area contributed by atoms with Crippen LogP contribution < -0.4 is 5.32 Å². The van der Waals surface area contributed by atoms with Crippen molar-refractivity contribution < 1.29 is 9.18 Å². The second kappa shape index (κ2) is 10.1. The van der Waals surface area contributed by atoms with Crippen LogP contribution in [0.1, 0.15) is 16.7 Å². The lowest BCUT2D eigenvalue weighted by Gasteiger charge is -2.05. The average molecular weight is 488 g/mol. The van der Waals surface area contributed by atoms with Gasteiger partial charge in [0, 0.05) is 27.9 Å². The molecule has 1 amide bonds. The van der Waals surface area contributed by atoms with Gasteiger partial charge in [0.05, 0.1) is 17.8 Å². The molecule has 2 aromatic carbocycles. The van der Waals surface area contributed by atoms with Crippen molar-refractivity contribution >= 4 is 39.9 Å². The number of halogens is 2. The Morgan fingerprint density at radius 2 is 1.97 bits per heavy atom. The maximum atomic E-state index is 14.3. The fourth-order valence-electron chi connectivity index (χ4n) is 3.26. The van der Waals surface area contributed by atoms with E-state index < -0.39 is 11.7 Å². The normalized spacial score (nSPS) is 11.0. The van der Waals surface area contributed by atoms with Crippen molar-refractivity contribution in [3.05, 3.63) is 99.3 Å². The highest BCUT2D eigenvalue weighted by atomic mass is 35.5. The summed E-state index contributed by atoms with van der Waals surface area (Å²) in [5.41, 5.74) is 2.20. The summed E-state index contributed by atoms with van der Waals surface area (Å²) >= 11 is 7.36. The number of carbonyl (C=O) groups excluding carboxylic acids is 1. The van der Waals surface area contributed by atoms with Crippen LogP contribution in [0, 0.1) is 28.5 Å². The molecule has 0 saturated carbocycles. The van der Waals surface area contributed by atoms with E-state index in [9.17, 15) is 14.4 Å².